The first kappa shape index (κ1) is 39.4. The van der Waals surface area contributed by atoms with Gasteiger partial charge in [0, 0.05) is 33.7 Å². The van der Waals surface area contributed by atoms with Crippen molar-refractivity contribution in [2.75, 3.05) is 4.90 Å². The third-order valence-electron chi connectivity index (χ3n) is 13.2. The summed E-state index contributed by atoms with van der Waals surface area (Å²) in [6.45, 7) is 13.9. The molecule has 0 radical (unpaired) electrons. The first-order valence-electron chi connectivity index (χ1n) is 22.5. The van der Waals surface area contributed by atoms with Gasteiger partial charge < -0.3 is 9.32 Å². The molecular formula is C62H51NO. The minimum absolute atomic E-state index is 0.0119. The van der Waals surface area contributed by atoms with Gasteiger partial charge in [0.25, 0.3) is 0 Å². The van der Waals surface area contributed by atoms with E-state index in [1.54, 1.807) is 0 Å². The number of anilines is 3. The Kier molecular flexibility index (Phi) is 9.33. The monoisotopic (exact) mass is 825 g/mol. The van der Waals surface area contributed by atoms with Crippen molar-refractivity contribution < 1.29 is 4.42 Å². The number of fused-ring (bicyclic) bond motifs is 7. The van der Waals surface area contributed by atoms with Crippen LogP contribution in [0.1, 0.15) is 52.7 Å². The third-order valence-corrected chi connectivity index (χ3v) is 13.2. The van der Waals surface area contributed by atoms with Crippen molar-refractivity contribution in [3.05, 3.63) is 211 Å². The first-order valence-corrected chi connectivity index (χ1v) is 22.5. The van der Waals surface area contributed by atoms with E-state index in [1.807, 2.05) is 6.07 Å². The predicted octanol–water partition coefficient (Wildman–Crippen LogP) is 18.1. The minimum Gasteiger partial charge on any atom is -0.456 e. The number of hydrogen-bond donors (Lipinski definition) is 0. The maximum absolute atomic E-state index is 6.61. The van der Waals surface area contributed by atoms with Crippen LogP contribution in [0, 0.1) is 0 Å². The van der Waals surface area contributed by atoms with E-state index in [4.69, 9.17) is 4.42 Å². The lowest BCUT2D eigenvalue weighted by Crippen LogP contribution is -2.16. The van der Waals surface area contributed by atoms with Crippen molar-refractivity contribution in [1.82, 2.24) is 0 Å². The molecule has 0 bridgehead atoms. The fraction of sp³-hybridized carbons (Fsp3) is 0.129. The van der Waals surface area contributed by atoms with Crippen molar-refractivity contribution >= 4 is 71.3 Å². The second-order valence-electron chi connectivity index (χ2n) is 19.3. The van der Waals surface area contributed by atoms with Crippen LogP contribution >= 0.6 is 0 Å². The van der Waals surface area contributed by atoms with Crippen molar-refractivity contribution in [3.8, 4) is 33.4 Å². The SMILES string of the molecule is CC(C)(C)c1cc(-c2cccc3cccc(-c4ccccc4N(c4ccc5c(c4)oc4ccccc45)c4ccccc4-c4cccc5c4ccc4ccccc45)c23)cc(C(C)(C)C)c1. The molecule has 11 rings (SSSR count). The zero-order valence-corrected chi connectivity index (χ0v) is 37.4. The number of para-hydroxylation sites is 3. The number of furan rings is 1. The van der Waals surface area contributed by atoms with Crippen molar-refractivity contribution in [1.29, 1.82) is 0 Å². The topological polar surface area (TPSA) is 16.4 Å². The highest BCUT2D eigenvalue weighted by atomic mass is 16.3. The molecule has 1 heterocycles. The molecule has 310 valence electrons. The molecule has 1 aromatic heterocycles. The molecule has 0 atom stereocenters. The Hall–Kier alpha value is -7.42. The third kappa shape index (κ3) is 6.73. The quantitative estimate of drug-likeness (QED) is 0.155. The zero-order chi connectivity index (χ0) is 43.7. The summed E-state index contributed by atoms with van der Waals surface area (Å²) < 4.78 is 6.61. The van der Waals surface area contributed by atoms with E-state index in [0.29, 0.717) is 0 Å². The second-order valence-corrected chi connectivity index (χ2v) is 19.3. The second kappa shape index (κ2) is 15.1. The molecule has 0 aliphatic carbocycles. The van der Waals surface area contributed by atoms with Gasteiger partial charge in [-0.15, -0.1) is 0 Å². The van der Waals surface area contributed by atoms with Crippen LogP contribution in [0.4, 0.5) is 17.1 Å². The van der Waals surface area contributed by atoms with Gasteiger partial charge in [-0.2, -0.15) is 0 Å². The number of nitrogens with zero attached hydrogens (tertiary/aromatic N) is 1. The van der Waals surface area contributed by atoms with E-state index in [2.05, 4.69) is 241 Å². The maximum atomic E-state index is 6.61. The molecular weight excluding hydrogens is 775 g/mol. The van der Waals surface area contributed by atoms with Gasteiger partial charge in [-0.3, -0.25) is 0 Å². The highest BCUT2D eigenvalue weighted by Gasteiger charge is 2.25. The summed E-state index contributed by atoms with van der Waals surface area (Å²) in [5.41, 5.74) is 14.7. The predicted molar refractivity (Wildman–Crippen MR) is 275 cm³/mol. The standard InChI is InChI=1S/C62H51NO/c1-61(2,3)43-36-42(37-44(38-43)62(4,5)6)47-25-15-19-41-20-16-28-55(60(41)47)52-23-10-13-30-57(52)63(45-33-35-54-53-24-11-14-31-58(53)64-59(54)39-45)56-29-12-9-22-51(56)49-27-17-26-48-46-21-8-7-18-40(46)32-34-50(48)49/h7-39H,1-6H3. The molecule has 0 spiro atoms. The Morgan fingerprint density at radius 3 is 1.58 bits per heavy atom. The van der Waals surface area contributed by atoms with Crippen molar-refractivity contribution in [2.45, 2.75) is 52.4 Å². The Labute approximate surface area is 376 Å². The molecule has 2 heteroatoms. The molecule has 0 saturated heterocycles. The van der Waals surface area contributed by atoms with E-state index in [-0.39, 0.29) is 10.8 Å². The van der Waals surface area contributed by atoms with Gasteiger partial charge in [0.1, 0.15) is 11.2 Å². The van der Waals surface area contributed by atoms with Crippen molar-refractivity contribution in [2.24, 2.45) is 0 Å². The van der Waals surface area contributed by atoms with Gasteiger partial charge in [-0.1, -0.05) is 205 Å². The van der Waals surface area contributed by atoms with Gasteiger partial charge in [0.05, 0.1) is 11.4 Å². The minimum atomic E-state index is -0.0119. The number of benzene rings is 10. The van der Waals surface area contributed by atoms with Crippen LogP contribution in [-0.4, -0.2) is 0 Å². The largest absolute Gasteiger partial charge is 0.456 e. The van der Waals surface area contributed by atoms with Crippen LogP contribution in [-0.2, 0) is 10.8 Å². The average molecular weight is 826 g/mol. The van der Waals surface area contributed by atoms with Gasteiger partial charge in [-0.25, -0.2) is 0 Å². The fourth-order valence-corrected chi connectivity index (χ4v) is 9.78. The normalized spacial score (nSPS) is 12.2. The lowest BCUT2D eigenvalue weighted by Gasteiger charge is -2.30. The van der Waals surface area contributed by atoms with Gasteiger partial charge in [-0.05, 0) is 107 Å². The van der Waals surface area contributed by atoms with Crippen LogP contribution in [0.15, 0.2) is 205 Å². The lowest BCUT2D eigenvalue weighted by atomic mass is 9.78. The van der Waals surface area contributed by atoms with E-state index in [1.165, 1.54) is 65.7 Å². The summed E-state index contributed by atoms with van der Waals surface area (Å²) in [5.74, 6) is 0. The summed E-state index contributed by atoms with van der Waals surface area (Å²) in [5, 5.41) is 9.64. The molecule has 0 aliphatic heterocycles. The molecule has 0 fully saturated rings. The molecule has 64 heavy (non-hydrogen) atoms. The molecule has 0 N–H and O–H groups in total. The molecule has 0 aliphatic rings. The smallest absolute Gasteiger partial charge is 0.137 e. The van der Waals surface area contributed by atoms with E-state index in [9.17, 15) is 0 Å². The highest BCUT2D eigenvalue weighted by molar-refractivity contribution is 6.14. The van der Waals surface area contributed by atoms with E-state index >= 15 is 0 Å². The molecule has 10 aromatic carbocycles. The Morgan fingerprint density at radius 2 is 0.859 bits per heavy atom. The lowest BCUT2D eigenvalue weighted by molar-refractivity contribution is 0.569. The summed E-state index contributed by atoms with van der Waals surface area (Å²) in [6.07, 6.45) is 0. The van der Waals surface area contributed by atoms with E-state index < -0.39 is 0 Å². The number of rotatable bonds is 6. The van der Waals surface area contributed by atoms with E-state index in [0.717, 1.165) is 50.1 Å². The summed E-state index contributed by atoms with van der Waals surface area (Å²) in [7, 11) is 0. The Morgan fingerprint density at radius 1 is 0.344 bits per heavy atom. The van der Waals surface area contributed by atoms with Crippen LogP contribution in [0.2, 0.25) is 0 Å². The summed E-state index contributed by atoms with van der Waals surface area (Å²) in [6, 6.07) is 73.7. The maximum Gasteiger partial charge on any atom is 0.137 e. The molecule has 11 aromatic rings. The average Bonchev–Trinajstić information content (AvgIpc) is 3.69. The van der Waals surface area contributed by atoms with Crippen LogP contribution in [0.25, 0.3) is 87.6 Å². The van der Waals surface area contributed by atoms with Gasteiger partial charge in [0.15, 0.2) is 0 Å². The zero-order valence-electron chi connectivity index (χ0n) is 37.4. The van der Waals surface area contributed by atoms with Gasteiger partial charge in [0.2, 0.25) is 0 Å². The number of hydrogen-bond acceptors (Lipinski definition) is 2. The van der Waals surface area contributed by atoms with Gasteiger partial charge >= 0.3 is 0 Å². The van der Waals surface area contributed by atoms with Crippen LogP contribution in [0.5, 0.6) is 0 Å². The molecule has 2 nitrogen and oxygen atoms in total. The molecule has 0 saturated carbocycles. The van der Waals surface area contributed by atoms with Crippen molar-refractivity contribution in [3.63, 3.8) is 0 Å². The van der Waals surface area contributed by atoms with Crippen LogP contribution in [0.3, 0.4) is 0 Å². The molecule has 0 amide bonds. The molecule has 0 unspecified atom stereocenters. The fourth-order valence-electron chi connectivity index (χ4n) is 9.78. The Balaban J connectivity index is 1.19. The van der Waals surface area contributed by atoms with Crippen LogP contribution < -0.4 is 4.90 Å². The Bertz CT molecular complexity index is 3550. The summed E-state index contributed by atoms with van der Waals surface area (Å²) >= 11 is 0. The summed E-state index contributed by atoms with van der Waals surface area (Å²) in [4.78, 5) is 2.45. The highest BCUT2D eigenvalue weighted by Crippen LogP contribution is 2.49. The first-order chi connectivity index (χ1) is 31.0.